The van der Waals surface area contributed by atoms with Crippen molar-refractivity contribution in [3.8, 4) is 22.6 Å². The summed E-state index contributed by atoms with van der Waals surface area (Å²) in [5.74, 6) is -2.40. The largest absolute Gasteiger partial charge is 0.493 e. The highest BCUT2D eigenvalue weighted by Crippen LogP contribution is 2.40. The summed E-state index contributed by atoms with van der Waals surface area (Å²) in [6.45, 7) is 2.94. The van der Waals surface area contributed by atoms with Crippen LogP contribution in [0.15, 0.2) is 60.9 Å². The normalized spacial score (nSPS) is 12.5. The van der Waals surface area contributed by atoms with E-state index in [9.17, 15) is 23.2 Å². The number of ether oxygens (including phenoxy) is 2. The van der Waals surface area contributed by atoms with Gasteiger partial charge in [-0.25, -0.2) is 8.78 Å². The van der Waals surface area contributed by atoms with Gasteiger partial charge in [-0.15, -0.1) is 0 Å². The summed E-state index contributed by atoms with van der Waals surface area (Å²) in [7, 11) is 0. The highest BCUT2D eigenvalue weighted by molar-refractivity contribution is 6.31. The number of carboxylic acid groups (broad SMARTS) is 1. The molecule has 2 N–H and O–H groups in total. The van der Waals surface area contributed by atoms with Gasteiger partial charge >= 0.3 is 5.97 Å². The summed E-state index contributed by atoms with van der Waals surface area (Å²) in [6.07, 6.45) is 4.65. The molecule has 1 aliphatic rings. The molecule has 252 valence electrons. The van der Waals surface area contributed by atoms with Crippen LogP contribution in [0, 0.1) is 18.6 Å². The van der Waals surface area contributed by atoms with Gasteiger partial charge in [-0.2, -0.15) is 5.10 Å². The Hall–Kier alpha value is -4.97. The van der Waals surface area contributed by atoms with Crippen LogP contribution in [0.2, 0.25) is 5.02 Å². The first kappa shape index (κ1) is 34.4. The number of halogens is 3. The number of fused-ring (bicyclic) bond motifs is 1. The molecule has 3 aromatic carbocycles. The van der Waals surface area contributed by atoms with Gasteiger partial charge in [0, 0.05) is 65.0 Å². The summed E-state index contributed by atoms with van der Waals surface area (Å²) in [5, 5.41) is 16.1. The van der Waals surface area contributed by atoms with E-state index in [1.54, 1.807) is 23.4 Å². The van der Waals surface area contributed by atoms with Crippen molar-refractivity contribution in [1.29, 1.82) is 0 Å². The number of aromatic nitrogens is 2. The Labute approximate surface area is 281 Å². The predicted octanol–water partition coefficient (Wildman–Crippen LogP) is 6.41. The lowest BCUT2D eigenvalue weighted by atomic mass is 10.1. The number of hydrogen-bond acceptors (Lipinski definition) is 6. The van der Waals surface area contributed by atoms with Crippen LogP contribution in [0.5, 0.6) is 11.5 Å². The molecule has 0 atom stereocenters. The van der Waals surface area contributed by atoms with Gasteiger partial charge in [0.25, 0.3) is 5.91 Å². The number of nitrogens with one attached hydrogen (secondary N) is 1. The summed E-state index contributed by atoms with van der Waals surface area (Å²) >= 11 is 6.17. The average molecular weight is 681 g/mol. The molecular weight excluding hydrogens is 646 g/mol. The Morgan fingerprint density at radius 1 is 1.08 bits per heavy atom. The second-order valence-corrected chi connectivity index (χ2v) is 11.7. The highest BCUT2D eigenvalue weighted by Gasteiger charge is 2.25. The number of carboxylic acids is 1. The lowest BCUT2D eigenvalue weighted by molar-refractivity contribution is -0.137. The molecule has 0 spiro atoms. The minimum absolute atomic E-state index is 0.0601. The molecule has 0 unspecified atom stereocenters. The van der Waals surface area contributed by atoms with Crippen LogP contribution in [0.3, 0.4) is 0 Å². The van der Waals surface area contributed by atoms with Gasteiger partial charge < -0.3 is 24.8 Å². The molecule has 0 radical (unpaired) electrons. The molecule has 0 saturated heterocycles. The standard InChI is InChI=1S/C35H35ClF2N4O6/c1-22-27(36)8-3-10-31(22)47-15-5-11-32(43)42-14-6-16-48-34-25(7-2-9-30(34)42)24-19-40-41(20-24)21-26-28(37)17-23(18-29(26)38)35(46)39-13-4-12-33(44)45/h2-3,7-10,17-20H,4-6,11-16,21H2,1H3,(H,39,46)(H,44,45). The van der Waals surface area contributed by atoms with Gasteiger partial charge in [-0.1, -0.05) is 29.8 Å². The third kappa shape index (κ3) is 8.29. The van der Waals surface area contributed by atoms with E-state index in [2.05, 4.69) is 10.4 Å². The maximum atomic E-state index is 15.0. The van der Waals surface area contributed by atoms with Crippen molar-refractivity contribution in [2.24, 2.45) is 0 Å². The number of carbonyl (C=O) groups excluding carboxylic acids is 2. The van der Waals surface area contributed by atoms with Gasteiger partial charge in [0.2, 0.25) is 5.91 Å². The summed E-state index contributed by atoms with van der Waals surface area (Å²) in [4.78, 5) is 38.0. The predicted molar refractivity (Wildman–Crippen MR) is 176 cm³/mol. The van der Waals surface area contributed by atoms with Crippen molar-refractivity contribution in [1.82, 2.24) is 15.1 Å². The second kappa shape index (κ2) is 15.7. The van der Waals surface area contributed by atoms with Gasteiger partial charge in [0.05, 0.1) is 31.6 Å². The van der Waals surface area contributed by atoms with Crippen molar-refractivity contribution in [3.05, 3.63) is 94.3 Å². The number of hydrogen-bond donors (Lipinski definition) is 2. The van der Waals surface area contributed by atoms with Crippen molar-refractivity contribution >= 4 is 35.1 Å². The lowest BCUT2D eigenvalue weighted by Crippen LogP contribution is -2.31. The van der Waals surface area contributed by atoms with Crippen molar-refractivity contribution in [3.63, 3.8) is 0 Å². The minimum Gasteiger partial charge on any atom is -0.493 e. The van der Waals surface area contributed by atoms with Gasteiger partial charge in [0.15, 0.2) is 5.75 Å². The van der Waals surface area contributed by atoms with Crippen LogP contribution >= 0.6 is 11.6 Å². The molecule has 1 aliphatic heterocycles. The molecule has 0 saturated carbocycles. The fourth-order valence-corrected chi connectivity index (χ4v) is 5.52. The molecule has 2 amide bonds. The molecule has 4 aromatic rings. The monoisotopic (exact) mass is 680 g/mol. The first-order valence-corrected chi connectivity index (χ1v) is 15.9. The second-order valence-electron chi connectivity index (χ2n) is 11.3. The van der Waals surface area contributed by atoms with Gasteiger partial charge in [-0.05, 0) is 56.5 Å². The molecule has 10 nitrogen and oxygen atoms in total. The highest BCUT2D eigenvalue weighted by atomic mass is 35.5. The van der Waals surface area contributed by atoms with Gasteiger partial charge in [-0.3, -0.25) is 19.1 Å². The van der Waals surface area contributed by atoms with E-state index < -0.39 is 23.5 Å². The molecule has 1 aromatic heterocycles. The SMILES string of the molecule is Cc1c(Cl)cccc1OCCCC(=O)N1CCCOc2c(-c3cnn(Cc4c(F)cc(C(=O)NCCCC(=O)O)cc4F)c3)cccc21. The first-order valence-electron chi connectivity index (χ1n) is 15.6. The summed E-state index contributed by atoms with van der Waals surface area (Å²) < 4.78 is 43.3. The Balaban J connectivity index is 1.25. The zero-order valence-electron chi connectivity index (χ0n) is 26.3. The molecule has 2 heterocycles. The molecule has 13 heteroatoms. The Morgan fingerprint density at radius 2 is 1.85 bits per heavy atom. The van der Waals surface area contributed by atoms with E-state index in [0.29, 0.717) is 65.9 Å². The molecular formula is C35H35ClF2N4O6. The summed E-state index contributed by atoms with van der Waals surface area (Å²) in [6, 6.07) is 12.8. The Kier molecular flexibility index (Phi) is 11.3. The molecule has 5 rings (SSSR count). The zero-order chi connectivity index (χ0) is 34.2. The zero-order valence-corrected chi connectivity index (χ0v) is 27.1. The first-order chi connectivity index (χ1) is 23.1. The number of rotatable bonds is 13. The van der Waals surface area contributed by atoms with Crippen LogP contribution in [0.4, 0.5) is 14.5 Å². The third-order valence-corrected chi connectivity index (χ3v) is 8.30. The van der Waals surface area contributed by atoms with E-state index in [-0.39, 0.29) is 49.4 Å². The van der Waals surface area contributed by atoms with E-state index in [0.717, 1.165) is 17.7 Å². The lowest BCUT2D eigenvalue weighted by Gasteiger charge is -2.23. The average Bonchev–Trinajstić information content (AvgIpc) is 3.42. The molecule has 0 aliphatic carbocycles. The number of carbonyl (C=O) groups is 3. The topological polar surface area (TPSA) is 123 Å². The van der Waals surface area contributed by atoms with Crippen LogP contribution < -0.4 is 19.7 Å². The van der Waals surface area contributed by atoms with E-state index >= 15 is 0 Å². The van der Waals surface area contributed by atoms with Crippen molar-refractivity contribution in [2.75, 3.05) is 31.2 Å². The number of nitrogens with zero attached hydrogens (tertiary/aromatic N) is 3. The maximum absolute atomic E-state index is 15.0. The smallest absolute Gasteiger partial charge is 0.303 e. The van der Waals surface area contributed by atoms with E-state index in [1.807, 2.05) is 37.3 Å². The maximum Gasteiger partial charge on any atom is 0.303 e. The number of anilines is 1. The fraction of sp³-hybridized carbons (Fsp3) is 0.314. The number of aliphatic carboxylic acids is 1. The van der Waals surface area contributed by atoms with Crippen molar-refractivity contribution in [2.45, 2.75) is 45.6 Å². The van der Waals surface area contributed by atoms with Crippen LogP contribution in [-0.2, 0) is 16.1 Å². The summed E-state index contributed by atoms with van der Waals surface area (Å²) in [5.41, 5.74) is 2.29. The molecule has 48 heavy (non-hydrogen) atoms. The Morgan fingerprint density at radius 3 is 2.62 bits per heavy atom. The minimum atomic E-state index is -1.00. The molecule has 0 bridgehead atoms. The number of benzene rings is 3. The quantitative estimate of drug-likeness (QED) is 0.157. The van der Waals surface area contributed by atoms with Gasteiger partial charge in [0.1, 0.15) is 17.4 Å². The molecule has 0 fully saturated rings. The third-order valence-electron chi connectivity index (χ3n) is 7.89. The fourth-order valence-electron chi connectivity index (χ4n) is 5.36. The van der Waals surface area contributed by atoms with Crippen LogP contribution in [0.1, 0.15) is 53.6 Å². The van der Waals surface area contributed by atoms with Crippen LogP contribution in [0.25, 0.3) is 11.1 Å². The van der Waals surface area contributed by atoms with Crippen LogP contribution in [-0.4, -0.2) is 59.0 Å². The van der Waals surface area contributed by atoms with E-state index in [4.69, 9.17) is 26.2 Å². The number of para-hydroxylation sites is 1. The van der Waals surface area contributed by atoms with E-state index in [1.165, 1.54) is 4.68 Å². The number of amides is 2. The van der Waals surface area contributed by atoms with Crippen molar-refractivity contribution < 1.29 is 37.7 Å². The Bertz CT molecular complexity index is 1790.